The van der Waals surface area contributed by atoms with Gasteiger partial charge in [-0.2, -0.15) is 4.31 Å². The molecule has 0 radical (unpaired) electrons. The van der Waals surface area contributed by atoms with E-state index in [9.17, 15) is 21.6 Å². The van der Waals surface area contributed by atoms with Crippen LogP contribution in [0.25, 0.3) is 0 Å². The van der Waals surface area contributed by atoms with Crippen molar-refractivity contribution in [3.63, 3.8) is 0 Å². The number of primary sulfonamides is 1. The average Bonchev–Trinajstić information content (AvgIpc) is 2.50. The van der Waals surface area contributed by atoms with Gasteiger partial charge in [0.05, 0.1) is 17.7 Å². The van der Waals surface area contributed by atoms with Gasteiger partial charge in [-0.05, 0) is 30.5 Å². The Bertz CT molecular complexity index is 774. The van der Waals surface area contributed by atoms with Gasteiger partial charge in [-0.3, -0.25) is 4.79 Å². The SMILES string of the molecule is CCCCN(CC(=O)NCCc1ccc(S(N)(=O)=O)cc1)S(C)(=O)=O. The summed E-state index contributed by atoms with van der Waals surface area (Å²) in [5, 5.41) is 7.69. The Morgan fingerprint density at radius 3 is 2.24 bits per heavy atom. The van der Waals surface area contributed by atoms with Crippen molar-refractivity contribution in [1.29, 1.82) is 0 Å². The zero-order valence-electron chi connectivity index (χ0n) is 14.4. The summed E-state index contributed by atoms with van der Waals surface area (Å²) in [6.07, 6.45) is 3.10. The minimum Gasteiger partial charge on any atom is -0.355 e. The number of nitrogens with one attached hydrogen (secondary N) is 1. The maximum Gasteiger partial charge on any atom is 0.238 e. The first-order valence-corrected chi connectivity index (χ1v) is 11.3. The molecule has 0 bridgehead atoms. The minimum atomic E-state index is -3.72. The third-order valence-corrected chi connectivity index (χ3v) is 5.72. The van der Waals surface area contributed by atoms with Crippen molar-refractivity contribution < 1.29 is 21.6 Å². The van der Waals surface area contributed by atoms with Crippen LogP contribution in [0.4, 0.5) is 0 Å². The Morgan fingerprint density at radius 2 is 1.76 bits per heavy atom. The van der Waals surface area contributed by atoms with Crippen LogP contribution in [0.5, 0.6) is 0 Å². The Balaban J connectivity index is 2.50. The topological polar surface area (TPSA) is 127 Å². The van der Waals surface area contributed by atoms with E-state index in [-0.39, 0.29) is 17.3 Å². The van der Waals surface area contributed by atoms with Crippen LogP contribution in [0, 0.1) is 0 Å². The molecule has 8 nitrogen and oxygen atoms in total. The van der Waals surface area contributed by atoms with Crippen molar-refractivity contribution in [1.82, 2.24) is 9.62 Å². The molecule has 25 heavy (non-hydrogen) atoms. The number of carbonyl (C=O) groups is 1. The Kier molecular flexibility index (Phi) is 8.00. The molecule has 0 saturated carbocycles. The number of nitrogens with two attached hydrogens (primary N) is 1. The number of benzene rings is 1. The molecule has 1 aromatic rings. The summed E-state index contributed by atoms with van der Waals surface area (Å²) in [6.45, 7) is 2.38. The third kappa shape index (κ3) is 7.95. The predicted octanol–water partition coefficient (Wildman–Crippen LogP) is 0.0544. The molecular weight excluding hydrogens is 366 g/mol. The van der Waals surface area contributed by atoms with Gasteiger partial charge < -0.3 is 5.32 Å². The van der Waals surface area contributed by atoms with Gasteiger partial charge in [-0.1, -0.05) is 25.5 Å². The molecule has 10 heteroatoms. The molecule has 0 aliphatic heterocycles. The second-order valence-electron chi connectivity index (χ2n) is 5.74. The van der Waals surface area contributed by atoms with Crippen molar-refractivity contribution in [3.8, 4) is 0 Å². The largest absolute Gasteiger partial charge is 0.355 e. The highest BCUT2D eigenvalue weighted by molar-refractivity contribution is 7.89. The first-order valence-electron chi connectivity index (χ1n) is 7.87. The van der Waals surface area contributed by atoms with E-state index in [0.717, 1.165) is 22.5 Å². The van der Waals surface area contributed by atoms with Gasteiger partial charge in [0, 0.05) is 13.1 Å². The first kappa shape index (κ1) is 21.6. The summed E-state index contributed by atoms with van der Waals surface area (Å²) in [6, 6.07) is 6.05. The summed E-state index contributed by atoms with van der Waals surface area (Å²) in [5.74, 6) is -0.373. The molecule has 0 aliphatic carbocycles. The van der Waals surface area contributed by atoms with E-state index >= 15 is 0 Å². The van der Waals surface area contributed by atoms with Crippen LogP contribution in [0.15, 0.2) is 29.2 Å². The number of unbranched alkanes of at least 4 members (excludes halogenated alkanes) is 1. The molecule has 0 aliphatic rings. The maximum atomic E-state index is 11.9. The molecular formula is C15H25N3O5S2. The molecule has 0 aromatic heterocycles. The summed E-state index contributed by atoms with van der Waals surface area (Å²) < 4.78 is 46.8. The average molecular weight is 392 g/mol. The molecule has 1 amide bonds. The van der Waals surface area contributed by atoms with Crippen LogP contribution >= 0.6 is 0 Å². The number of sulfonamides is 2. The van der Waals surface area contributed by atoms with E-state index in [4.69, 9.17) is 5.14 Å². The minimum absolute atomic E-state index is 0.0278. The monoisotopic (exact) mass is 391 g/mol. The van der Waals surface area contributed by atoms with Gasteiger partial charge in [0.2, 0.25) is 26.0 Å². The Labute approximate surface area is 149 Å². The molecule has 142 valence electrons. The van der Waals surface area contributed by atoms with Crippen LogP contribution in [0.3, 0.4) is 0 Å². The fourth-order valence-electron chi connectivity index (χ4n) is 2.10. The quantitative estimate of drug-likeness (QED) is 0.583. The van der Waals surface area contributed by atoms with Crippen molar-refractivity contribution in [2.24, 2.45) is 5.14 Å². The molecule has 0 spiro atoms. The highest BCUT2D eigenvalue weighted by Crippen LogP contribution is 2.09. The van der Waals surface area contributed by atoms with E-state index in [2.05, 4.69) is 5.32 Å². The molecule has 1 aromatic carbocycles. The van der Waals surface area contributed by atoms with Gasteiger partial charge in [0.15, 0.2) is 0 Å². The lowest BCUT2D eigenvalue weighted by molar-refractivity contribution is -0.121. The van der Waals surface area contributed by atoms with Gasteiger partial charge in [0.1, 0.15) is 0 Å². The highest BCUT2D eigenvalue weighted by atomic mass is 32.2. The number of nitrogens with zero attached hydrogens (tertiary/aromatic N) is 1. The lowest BCUT2D eigenvalue weighted by atomic mass is 10.1. The molecule has 0 fully saturated rings. The zero-order chi connectivity index (χ0) is 19.1. The predicted molar refractivity (Wildman–Crippen MR) is 95.9 cm³/mol. The third-order valence-electron chi connectivity index (χ3n) is 3.54. The van der Waals surface area contributed by atoms with E-state index in [1.165, 1.54) is 12.1 Å². The molecule has 0 heterocycles. The fraction of sp³-hybridized carbons (Fsp3) is 0.533. The second-order valence-corrected chi connectivity index (χ2v) is 9.28. The fourth-order valence-corrected chi connectivity index (χ4v) is 3.43. The normalized spacial score (nSPS) is 12.3. The van der Waals surface area contributed by atoms with Gasteiger partial charge in [-0.25, -0.2) is 22.0 Å². The Morgan fingerprint density at radius 1 is 1.16 bits per heavy atom. The number of amides is 1. The molecule has 0 atom stereocenters. The van der Waals surface area contributed by atoms with Crippen molar-refractivity contribution in [2.45, 2.75) is 31.1 Å². The first-order chi connectivity index (χ1) is 11.5. The van der Waals surface area contributed by atoms with E-state index in [0.29, 0.717) is 25.9 Å². The van der Waals surface area contributed by atoms with E-state index < -0.39 is 20.0 Å². The van der Waals surface area contributed by atoms with Crippen LogP contribution in [0.2, 0.25) is 0 Å². The highest BCUT2D eigenvalue weighted by Gasteiger charge is 2.19. The number of hydrogen-bond acceptors (Lipinski definition) is 5. The van der Waals surface area contributed by atoms with Crippen LogP contribution in [0.1, 0.15) is 25.3 Å². The Hall–Kier alpha value is -1.49. The smallest absolute Gasteiger partial charge is 0.238 e. The number of rotatable bonds is 10. The van der Waals surface area contributed by atoms with Crippen molar-refractivity contribution in [3.05, 3.63) is 29.8 Å². The van der Waals surface area contributed by atoms with Crippen LogP contribution in [-0.4, -0.2) is 52.9 Å². The van der Waals surface area contributed by atoms with Crippen molar-refractivity contribution in [2.75, 3.05) is 25.9 Å². The summed E-state index contributed by atoms with van der Waals surface area (Å²) in [4.78, 5) is 12.0. The number of carbonyl (C=O) groups excluding carboxylic acids is 1. The maximum absolute atomic E-state index is 11.9. The lowest BCUT2D eigenvalue weighted by Gasteiger charge is -2.19. The summed E-state index contributed by atoms with van der Waals surface area (Å²) >= 11 is 0. The van der Waals surface area contributed by atoms with Crippen LogP contribution < -0.4 is 10.5 Å². The molecule has 0 saturated heterocycles. The summed E-state index contributed by atoms with van der Waals surface area (Å²) in [5.41, 5.74) is 0.832. The number of hydrogen-bond donors (Lipinski definition) is 2. The lowest BCUT2D eigenvalue weighted by Crippen LogP contribution is -2.41. The second kappa shape index (κ2) is 9.27. The van der Waals surface area contributed by atoms with Gasteiger partial charge in [0.25, 0.3) is 0 Å². The summed E-state index contributed by atoms with van der Waals surface area (Å²) in [7, 11) is -7.15. The van der Waals surface area contributed by atoms with E-state index in [1.807, 2.05) is 6.92 Å². The zero-order valence-corrected chi connectivity index (χ0v) is 16.1. The molecule has 3 N–H and O–H groups in total. The molecule has 0 unspecified atom stereocenters. The van der Waals surface area contributed by atoms with Gasteiger partial charge >= 0.3 is 0 Å². The van der Waals surface area contributed by atoms with E-state index in [1.54, 1.807) is 12.1 Å². The molecule has 1 rings (SSSR count). The van der Waals surface area contributed by atoms with Crippen molar-refractivity contribution >= 4 is 26.0 Å². The van der Waals surface area contributed by atoms with Gasteiger partial charge in [-0.15, -0.1) is 0 Å². The van der Waals surface area contributed by atoms with Crippen LogP contribution in [-0.2, 0) is 31.3 Å². The standard InChI is InChI=1S/C15H25N3O5S2/c1-3-4-11-18(24(2,20)21)12-15(19)17-10-9-13-5-7-14(8-6-13)25(16,22)23/h5-8H,3-4,9-12H2,1-2H3,(H,17,19)(H2,16,22,23).